The molecule has 0 radical (unpaired) electrons. The molecule has 0 fully saturated rings. The van der Waals surface area contributed by atoms with Crippen molar-refractivity contribution in [3.63, 3.8) is 0 Å². The molecule has 4 rings (SSSR count). The predicted octanol–water partition coefficient (Wildman–Crippen LogP) is 2.49. The van der Waals surface area contributed by atoms with E-state index in [0.29, 0.717) is 39.1 Å². The molecule has 2 aromatic carbocycles. The Morgan fingerprint density at radius 2 is 1.77 bits per heavy atom. The summed E-state index contributed by atoms with van der Waals surface area (Å²) in [4.78, 5) is 36.6. The smallest absolute Gasteiger partial charge is 0.330 e. The first-order chi connectivity index (χ1) is 14.2. The SMILES string of the molecule is Cc1ccc(-c2c3c(=O)n(C)c(=O)n(C)c3cn2-c2cccc(N)c2)cc1[N+](=O)[O-]. The van der Waals surface area contributed by atoms with Crippen LogP contribution in [0.15, 0.2) is 58.3 Å². The van der Waals surface area contributed by atoms with Crippen molar-refractivity contribution in [3.8, 4) is 16.9 Å². The van der Waals surface area contributed by atoms with E-state index < -0.39 is 16.2 Å². The number of nitro benzene ring substituents is 1. The van der Waals surface area contributed by atoms with E-state index in [9.17, 15) is 19.7 Å². The molecular weight excluding hydrogens is 386 g/mol. The zero-order valence-electron chi connectivity index (χ0n) is 16.6. The molecule has 0 unspecified atom stereocenters. The van der Waals surface area contributed by atoms with Gasteiger partial charge in [0.05, 0.1) is 21.5 Å². The molecule has 2 aromatic heterocycles. The topological polar surface area (TPSA) is 118 Å². The van der Waals surface area contributed by atoms with Gasteiger partial charge in [0.1, 0.15) is 0 Å². The zero-order chi connectivity index (χ0) is 21.7. The second kappa shape index (κ2) is 6.73. The molecule has 0 amide bonds. The number of nitrogens with two attached hydrogens (primary N) is 1. The van der Waals surface area contributed by atoms with Gasteiger partial charge in [0.15, 0.2) is 0 Å². The Labute approximate surface area is 170 Å². The summed E-state index contributed by atoms with van der Waals surface area (Å²) in [6.07, 6.45) is 1.67. The Morgan fingerprint density at radius 3 is 2.43 bits per heavy atom. The molecule has 0 saturated heterocycles. The van der Waals surface area contributed by atoms with Crippen LogP contribution in [0.1, 0.15) is 5.56 Å². The van der Waals surface area contributed by atoms with E-state index in [0.717, 1.165) is 4.57 Å². The Hall–Kier alpha value is -4.14. The first-order valence-corrected chi connectivity index (χ1v) is 9.13. The number of benzene rings is 2. The quantitative estimate of drug-likeness (QED) is 0.319. The first-order valence-electron chi connectivity index (χ1n) is 9.13. The number of aryl methyl sites for hydroxylation is 2. The van der Waals surface area contributed by atoms with E-state index in [-0.39, 0.29) is 5.69 Å². The van der Waals surface area contributed by atoms with E-state index >= 15 is 0 Å². The minimum atomic E-state index is -0.478. The van der Waals surface area contributed by atoms with Crippen LogP contribution in [0, 0.1) is 17.0 Å². The average Bonchev–Trinajstić information content (AvgIpc) is 3.11. The van der Waals surface area contributed by atoms with Gasteiger partial charge in [0, 0.05) is 48.9 Å². The van der Waals surface area contributed by atoms with Crippen molar-refractivity contribution in [2.75, 3.05) is 5.73 Å². The van der Waals surface area contributed by atoms with Crippen molar-refractivity contribution in [2.24, 2.45) is 14.1 Å². The van der Waals surface area contributed by atoms with E-state index in [1.165, 1.54) is 17.7 Å². The van der Waals surface area contributed by atoms with Gasteiger partial charge in [-0.15, -0.1) is 0 Å². The number of hydrogen-bond acceptors (Lipinski definition) is 5. The van der Waals surface area contributed by atoms with Gasteiger partial charge in [0.2, 0.25) is 0 Å². The van der Waals surface area contributed by atoms with Gasteiger partial charge < -0.3 is 10.3 Å². The molecule has 9 heteroatoms. The van der Waals surface area contributed by atoms with E-state index in [4.69, 9.17) is 5.73 Å². The van der Waals surface area contributed by atoms with Crippen molar-refractivity contribution in [2.45, 2.75) is 6.92 Å². The molecule has 0 atom stereocenters. The summed E-state index contributed by atoms with van der Waals surface area (Å²) in [5.41, 5.74) is 8.01. The number of nitrogens with zero attached hydrogens (tertiary/aromatic N) is 4. The summed E-state index contributed by atoms with van der Waals surface area (Å²) in [6, 6.07) is 11.9. The van der Waals surface area contributed by atoms with Crippen molar-refractivity contribution in [1.82, 2.24) is 13.7 Å². The van der Waals surface area contributed by atoms with Gasteiger partial charge in [0.25, 0.3) is 11.2 Å². The zero-order valence-corrected chi connectivity index (χ0v) is 16.6. The molecule has 0 aliphatic rings. The van der Waals surface area contributed by atoms with Crippen LogP contribution in [0.4, 0.5) is 11.4 Å². The number of fused-ring (bicyclic) bond motifs is 1. The highest BCUT2D eigenvalue weighted by atomic mass is 16.6. The molecule has 152 valence electrons. The molecule has 0 saturated carbocycles. The monoisotopic (exact) mass is 405 g/mol. The number of nitro groups is 1. The number of nitrogen functional groups attached to an aromatic ring is 1. The van der Waals surface area contributed by atoms with Crippen LogP contribution in [-0.4, -0.2) is 18.6 Å². The lowest BCUT2D eigenvalue weighted by atomic mass is 10.1. The summed E-state index contributed by atoms with van der Waals surface area (Å²) in [6.45, 7) is 1.65. The van der Waals surface area contributed by atoms with Crippen molar-refractivity contribution >= 4 is 22.3 Å². The van der Waals surface area contributed by atoms with Gasteiger partial charge in [-0.25, -0.2) is 4.79 Å². The predicted molar refractivity (Wildman–Crippen MR) is 115 cm³/mol. The minimum Gasteiger partial charge on any atom is -0.399 e. The van der Waals surface area contributed by atoms with Gasteiger partial charge in [-0.2, -0.15) is 0 Å². The van der Waals surface area contributed by atoms with Crippen molar-refractivity contribution in [1.29, 1.82) is 0 Å². The normalized spacial score (nSPS) is 11.2. The van der Waals surface area contributed by atoms with Crippen LogP contribution in [-0.2, 0) is 14.1 Å². The van der Waals surface area contributed by atoms with E-state index in [1.54, 1.807) is 55.1 Å². The van der Waals surface area contributed by atoms with E-state index in [1.807, 2.05) is 6.07 Å². The maximum Gasteiger partial charge on any atom is 0.330 e. The van der Waals surface area contributed by atoms with Gasteiger partial charge in [-0.05, 0) is 25.1 Å². The molecule has 9 nitrogen and oxygen atoms in total. The summed E-state index contributed by atoms with van der Waals surface area (Å²) in [5, 5.41) is 11.8. The summed E-state index contributed by atoms with van der Waals surface area (Å²) >= 11 is 0. The lowest BCUT2D eigenvalue weighted by Gasteiger charge is -2.11. The minimum absolute atomic E-state index is 0.0531. The van der Waals surface area contributed by atoms with Gasteiger partial charge in [-0.3, -0.25) is 24.0 Å². The molecule has 2 N–H and O–H groups in total. The highest BCUT2D eigenvalue weighted by molar-refractivity contribution is 5.95. The molecule has 0 spiro atoms. The second-order valence-electron chi connectivity index (χ2n) is 7.17. The number of rotatable bonds is 3. The van der Waals surface area contributed by atoms with Crippen LogP contribution in [0.25, 0.3) is 27.8 Å². The Bertz CT molecular complexity index is 1460. The average molecular weight is 405 g/mol. The number of hydrogen-bond donors (Lipinski definition) is 1. The highest BCUT2D eigenvalue weighted by Gasteiger charge is 2.22. The largest absolute Gasteiger partial charge is 0.399 e. The Kier molecular flexibility index (Phi) is 4.30. The van der Waals surface area contributed by atoms with Crippen molar-refractivity contribution < 1.29 is 4.92 Å². The molecular formula is C21H19N5O4. The summed E-state index contributed by atoms with van der Waals surface area (Å²) < 4.78 is 4.14. The number of anilines is 1. The van der Waals surface area contributed by atoms with Crippen LogP contribution < -0.4 is 17.0 Å². The molecule has 0 aliphatic carbocycles. The molecule has 0 aliphatic heterocycles. The maximum atomic E-state index is 13.1. The van der Waals surface area contributed by atoms with Crippen LogP contribution >= 0.6 is 0 Å². The van der Waals surface area contributed by atoms with Gasteiger partial charge in [-0.1, -0.05) is 18.2 Å². The second-order valence-corrected chi connectivity index (χ2v) is 7.17. The summed E-state index contributed by atoms with van der Waals surface area (Å²) in [5.74, 6) is 0. The summed E-state index contributed by atoms with van der Waals surface area (Å²) in [7, 11) is 2.98. The molecule has 0 bridgehead atoms. The third-order valence-electron chi connectivity index (χ3n) is 5.27. The molecule has 4 aromatic rings. The Balaban J connectivity index is 2.21. The lowest BCUT2D eigenvalue weighted by Crippen LogP contribution is -2.36. The van der Waals surface area contributed by atoms with Crippen molar-refractivity contribution in [3.05, 3.63) is 85.2 Å². The Morgan fingerprint density at radius 1 is 1.03 bits per heavy atom. The van der Waals surface area contributed by atoms with E-state index in [2.05, 4.69) is 0 Å². The standard InChI is InChI=1S/C21H19N5O4/c1-12-7-8-13(9-16(12)26(29)30)19-18-17(23(2)21(28)24(3)20(18)27)11-25(19)15-6-4-5-14(22)10-15/h4-11H,22H2,1-3H3. The van der Waals surface area contributed by atoms with Crippen LogP contribution in [0.3, 0.4) is 0 Å². The highest BCUT2D eigenvalue weighted by Crippen LogP contribution is 2.34. The third kappa shape index (κ3) is 2.79. The van der Waals surface area contributed by atoms with Crippen LogP contribution in [0.5, 0.6) is 0 Å². The number of aromatic nitrogens is 3. The molecule has 2 heterocycles. The van der Waals surface area contributed by atoms with Gasteiger partial charge >= 0.3 is 5.69 Å². The first kappa shape index (κ1) is 19.2. The fraction of sp³-hybridized carbons (Fsp3) is 0.143. The fourth-order valence-corrected chi connectivity index (χ4v) is 3.66. The lowest BCUT2D eigenvalue weighted by molar-refractivity contribution is -0.385. The fourth-order valence-electron chi connectivity index (χ4n) is 3.66. The van der Waals surface area contributed by atoms with Crippen LogP contribution in [0.2, 0.25) is 0 Å². The maximum absolute atomic E-state index is 13.1. The molecule has 30 heavy (non-hydrogen) atoms. The third-order valence-corrected chi connectivity index (χ3v) is 5.27.